The van der Waals surface area contributed by atoms with Crippen LogP contribution in [-0.2, 0) is 6.42 Å². The van der Waals surface area contributed by atoms with Crippen molar-refractivity contribution in [1.82, 2.24) is 0 Å². The highest BCUT2D eigenvalue weighted by Crippen LogP contribution is 2.44. The SMILES string of the molecule is CCC1CCC(CC2=CCc3c(C)cccc3C=N2)CC1.CCC[C@@H]1CCCC2CCCCC[C@@H]21. The molecule has 3 saturated carbocycles. The average molecular weight is 476 g/mol. The lowest BCUT2D eigenvalue weighted by Gasteiger charge is -2.37. The van der Waals surface area contributed by atoms with Crippen LogP contribution in [0.3, 0.4) is 0 Å². The molecule has 1 nitrogen and oxygen atoms in total. The highest BCUT2D eigenvalue weighted by molar-refractivity contribution is 5.83. The molecule has 35 heavy (non-hydrogen) atoms. The van der Waals surface area contributed by atoms with Gasteiger partial charge in [-0.05, 0) is 85.3 Å². The summed E-state index contributed by atoms with van der Waals surface area (Å²) in [6, 6.07) is 6.53. The molecule has 3 fully saturated rings. The van der Waals surface area contributed by atoms with Gasteiger partial charge in [-0.1, -0.05) is 115 Å². The van der Waals surface area contributed by atoms with Gasteiger partial charge in [-0.2, -0.15) is 0 Å². The Morgan fingerprint density at radius 1 is 0.829 bits per heavy atom. The Hall–Kier alpha value is -1.37. The summed E-state index contributed by atoms with van der Waals surface area (Å²) in [5.74, 6) is 5.21. The molecule has 3 aliphatic carbocycles. The minimum atomic E-state index is 0.860. The number of rotatable bonds is 5. The van der Waals surface area contributed by atoms with E-state index in [9.17, 15) is 0 Å². The quantitative estimate of drug-likeness (QED) is 0.401. The van der Waals surface area contributed by atoms with Crippen molar-refractivity contribution in [2.45, 2.75) is 130 Å². The number of benzene rings is 1. The first-order valence-electron chi connectivity index (χ1n) is 15.5. The molecule has 1 heterocycles. The van der Waals surface area contributed by atoms with Gasteiger partial charge >= 0.3 is 0 Å². The average Bonchev–Trinajstić information content (AvgIpc) is 3.25. The number of allylic oxidation sites excluding steroid dienone is 2. The maximum Gasteiger partial charge on any atom is 0.0370 e. The van der Waals surface area contributed by atoms with Gasteiger partial charge in [0, 0.05) is 11.9 Å². The van der Waals surface area contributed by atoms with Crippen molar-refractivity contribution in [3.05, 3.63) is 46.7 Å². The van der Waals surface area contributed by atoms with Crippen molar-refractivity contribution in [1.29, 1.82) is 0 Å². The number of aryl methyl sites for hydroxylation is 1. The molecule has 1 unspecified atom stereocenters. The molecule has 4 aliphatic rings. The molecular formula is C34H53N. The molecule has 0 saturated heterocycles. The lowest BCUT2D eigenvalue weighted by atomic mass is 9.68. The Bertz CT molecular complexity index is 823. The van der Waals surface area contributed by atoms with Crippen LogP contribution in [0.2, 0.25) is 0 Å². The fourth-order valence-electron chi connectivity index (χ4n) is 7.80. The number of aliphatic imine (C=N–C) groups is 1. The molecule has 194 valence electrons. The van der Waals surface area contributed by atoms with Gasteiger partial charge in [-0.25, -0.2) is 0 Å². The van der Waals surface area contributed by atoms with Crippen LogP contribution in [0, 0.1) is 36.5 Å². The third kappa shape index (κ3) is 7.56. The molecule has 3 atom stereocenters. The summed E-state index contributed by atoms with van der Waals surface area (Å²) in [7, 11) is 0. The van der Waals surface area contributed by atoms with Crippen molar-refractivity contribution in [3.8, 4) is 0 Å². The number of hydrogen-bond donors (Lipinski definition) is 0. The molecule has 1 aromatic rings. The molecule has 0 bridgehead atoms. The third-order valence-corrected chi connectivity index (χ3v) is 10.0. The molecule has 1 heteroatoms. The van der Waals surface area contributed by atoms with Crippen LogP contribution in [0.5, 0.6) is 0 Å². The zero-order valence-corrected chi connectivity index (χ0v) is 23.2. The highest BCUT2D eigenvalue weighted by atomic mass is 14.7. The first-order valence-corrected chi connectivity index (χ1v) is 15.5. The van der Waals surface area contributed by atoms with Gasteiger partial charge in [0.25, 0.3) is 0 Å². The van der Waals surface area contributed by atoms with E-state index in [0.717, 1.165) is 36.0 Å². The van der Waals surface area contributed by atoms with Crippen LogP contribution in [0.4, 0.5) is 0 Å². The van der Waals surface area contributed by atoms with Gasteiger partial charge in [0.05, 0.1) is 0 Å². The van der Waals surface area contributed by atoms with Gasteiger partial charge in [-0.15, -0.1) is 0 Å². The number of nitrogens with zero attached hydrogens (tertiary/aromatic N) is 1. The van der Waals surface area contributed by atoms with E-state index in [2.05, 4.69) is 51.3 Å². The van der Waals surface area contributed by atoms with Crippen molar-refractivity contribution in [2.75, 3.05) is 0 Å². The van der Waals surface area contributed by atoms with Gasteiger partial charge in [-0.3, -0.25) is 4.99 Å². The minimum absolute atomic E-state index is 0.860. The van der Waals surface area contributed by atoms with Gasteiger partial charge in [0.15, 0.2) is 0 Å². The molecule has 0 radical (unpaired) electrons. The molecule has 5 rings (SSSR count). The lowest BCUT2D eigenvalue weighted by molar-refractivity contribution is 0.134. The lowest BCUT2D eigenvalue weighted by Crippen LogP contribution is -2.27. The Labute approximate surface area is 217 Å². The zero-order valence-electron chi connectivity index (χ0n) is 23.2. The normalized spacial score (nSPS) is 30.6. The van der Waals surface area contributed by atoms with Crippen LogP contribution >= 0.6 is 0 Å². The van der Waals surface area contributed by atoms with E-state index >= 15 is 0 Å². The second kappa shape index (κ2) is 13.8. The maximum absolute atomic E-state index is 4.78. The summed E-state index contributed by atoms with van der Waals surface area (Å²) in [4.78, 5) is 4.78. The summed E-state index contributed by atoms with van der Waals surface area (Å²) in [5.41, 5.74) is 5.45. The molecule has 0 N–H and O–H groups in total. The van der Waals surface area contributed by atoms with Crippen LogP contribution in [-0.4, -0.2) is 6.21 Å². The number of fused-ring (bicyclic) bond motifs is 2. The van der Waals surface area contributed by atoms with Crippen molar-refractivity contribution in [3.63, 3.8) is 0 Å². The fourth-order valence-corrected chi connectivity index (χ4v) is 7.80. The molecule has 0 spiro atoms. The Kier molecular flexibility index (Phi) is 10.5. The minimum Gasteiger partial charge on any atom is -0.261 e. The predicted molar refractivity (Wildman–Crippen MR) is 153 cm³/mol. The largest absolute Gasteiger partial charge is 0.261 e. The van der Waals surface area contributed by atoms with E-state index in [1.54, 1.807) is 25.7 Å². The molecule has 1 aliphatic heterocycles. The van der Waals surface area contributed by atoms with Crippen LogP contribution in [0.15, 0.2) is 35.0 Å². The monoisotopic (exact) mass is 475 g/mol. The van der Waals surface area contributed by atoms with E-state index in [4.69, 9.17) is 4.99 Å². The van der Waals surface area contributed by atoms with Gasteiger partial charge < -0.3 is 0 Å². The van der Waals surface area contributed by atoms with E-state index in [1.165, 1.54) is 99.4 Å². The van der Waals surface area contributed by atoms with Gasteiger partial charge in [0.2, 0.25) is 0 Å². The predicted octanol–water partition coefficient (Wildman–Crippen LogP) is 10.2. The summed E-state index contributed by atoms with van der Waals surface area (Å²) in [5, 5.41) is 0. The summed E-state index contributed by atoms with van der Waals surface area (Å²) < 4.78 is 0. The fraction of sp³-hybridized carbons (Fsp3) is 0.735. The number of hydrogen-bond acceptors (Lipinski definition) is 1. The first-order chi connectivity index (χ1) is 17.2. The molecular weight excluding hydrogens is 422 g/mol. The van der Waals surface area contributed by atoms with Crippen LogP contribution in [0.1, 0.15) is 133 Å². The van der Waals surface area contributed by atoms with E-state index in [1.807, 2.05) is 0 Å². The van der Waals surface area contributed by atoms with Gasteiger partial charge in [0.1, 0.15) is 0 Å². The Morgan fingerprint density at radius 2 is 1.60 bits per heavy atom. The van der Waals surface area contributed by atoms with Crippen LogP contribution in [0.25, 0.3) is 0 Å². The van der Waals surface area contributed by atoms with Crippen molar-refractivity contribution in [2.24, 2.45) is 34.6 Å². The van der Waals surface area contributed by atoms with E-state index in [-0.39, 0.29) is 0 Å². The highest BCUT2D eigenvalue weighted by Gasteiger charge is 2.32. The zero-order chi connectivity index (χ0) is 24.5. The maximum atomic E-state index is 4.78. The van der Waals surface area contributed by atoms with Crippen molar-refractivity contribution >= 4 is 6.21 Å². The van der Waals surface area contributed by atoms with E-state index in [0.29, 0.717) is 0 Å². The first kappa shape index (κ1) is 26.7. The molecule has 1 aromatic carbocycles. The van der Waals surface area contributed by atoms with Crippen LogP contribution < -0.4 is 0 Å². The molecule has 0 aromatic heterocycles. The van der Waals surface area contributed by atoms with Crippen molar-refractivity contribution < 1.29 is 0 Å². The second-order valence-electron chi connectivity index (χ2n) is 12.3. The summed E-state index contributed by atoms with van der Waals surface area (Å²) in [6.45, 7) is 6.90. The summed E-state index contributed by atoms with van der Waals surface area (Å²) in [6.07, 6.45) is 29.0. The summed E-state index contributed by atoms with van der Waals surface area (Å²) >= 11 is 0. The smallest absolute Gasteiger partial charge is 0.0370 e. The Balaban J connectivity index is 0.000000179. The third-order valence-electron chi connectivity index (χ3n) is 10.0. The topological polar surface area (TPSA) is 12.4 Å². The Morgan fingerprint density at radius 3 is 2.40 bits per heavy atom. The van der Waals surface area contributed by atoms with E-state index < -0.39 is 0 Å². The second-order valence-corrected chi connectivity index (χ2v) is 12.3. The molecule has 0 amide bonds. The standard InChI is InChI=1S/C20H27N.C14H26/c1-3-16-7-9-17(10-8-16)13-19-11-12-20-15(2)5-4-6-18(20)14-21-19;1-2-7-12-9-6-10-13-8-4-3-5-11-14(12)13/h4-6,11,14,16-17H,3,7-10,12-13H2,1-2H3;12-14H,2-11H2,1H3/t;12-,13?,14-/m.1/s1.